The predicted octanol–water partition coefficient (Wildman–Crippen LogP) is 14.4. The highest BCUT2D eigenvalue weighted by Gasteiger charge is 2.23. The van der Waals surface area contributed by atoms with Gasteiger partial charge in [-0.15, -0.1) is 22.7 Å². The van der Waals surface area contributed by atoms with Crippen molar-refractivity contribution in [3.63, 3.8) is 0 Å². The van der Waals surface area contributed by atoms with Gasteiger partial charge in [-0.05, 0) is 52.6 Å². The van der Waals surface area contributed by atoms with E-state index in [1.165, 1.54) is 45.7 Å². The van der Waals surface area contributed by atoms with Crippen LogP contribution >= 0.6 is 22.7 Å². The fourth-order valence-corrected chi connectivity index (χ4v) is 10.9. The zero-order chi connectivity index (χ0) is 37.5. The predicted molar refractivity (Wildman–Crippen MR) is 242 cm³/mol. The molecular formula is C51H30N4S2. The van der Waals surface area contributed by atoms with Crippen molar-refractivity contribution >= 4 is 84.8 Å². The quantitative estimate of drug-likeness (QED) is 0.175. The number of aromatic nitrogens is 4. The number of benzene rings is 8. The van der Waals surface area contributed by atoms with E-state index in [2.05, 4.69) is 187 Å². The number of hydrogen-bond donors (Lipinski definition) is 0. The largest absolute Gasteiger partial charge is 0.276 e. The van der Waals surface area contributed by atoms with Gasteiger partial charge in [-0.1, -0.05) is 152 Å². The van der Waals surface area contributed by atoms with Crippen molar-refractivity contribution in [1.82, 2.24) is 19.5 Å². The van der Waals surface area contributed by atoms with Gasteiger partial charge in [0.1, 0.15) is 0 Å². The Hall–Kier alpha value is -6.99. The van der Waals surface area contributed by atoms with Crippen LogP contribution in [0, 0.1) is 0 Å². The Bertz CT molecular complexity index is 3530. The highest BCUT2D eigenvalue weighted by molar-refractivity contribution is 7.26. The van der Waals surface area contributed by atoms with E-state index in [0.717, 1.165) is 49.8 Å². The monoisotopic (exact) mass is 762 g/mol. The van der Waals surface area contributed by atoms with Crippen LogP contribution in [0.3, 0.4) is 0 Å². The van der Waals surface area contributed by atoms with Crippen LogP contribution in [0.15, 0.2) is 182 Å². The smallest absolute Gasteiger partial charge is 0.238 e. The first-order valence-electron chi connectivity index (χ1n) is 19.0. The maximum Gasteiger partial charge on any atom is 0.238 e. The summed E-state index contributed by atoms with van der Waals surface area (Å²) in [5.74, 6) is 1.84. The lowest BCUT2D eigenvalue weighted by Crippen LogP contribution is -2.07. The summed E-state index contributed by atoms with van der Waals surface area (Å²) in [5.41, 5.74) is 8.57. The molecule has 0 spiro atoms. The van der Waals surface area contributed by atoms with Gasteiger partial charge in [-0.25, -0.2) is 4.98 Å². The van der Waals surface area contributed by atoms with Crippen molar-refractivity contribution in [3.05, 3.63) is 182 Å². The Morgan fingerprint density at radius 1 is 0.368 bits per heavy atom. The number of fused-ring (bicyclic) bond motifs is 10. The van der Waals surface area contributed by atoms with E-state index in [1.54, 1.807) is 0 Å². The second-order valence-corrected chi connectivity index (χ2v) is 16.5. The van der Waals surface area contributed by atoms with Gasteiger partial charge in [0.15, 0.2) is 11.6 Å². The Balaban J connectivity index is 1.20. The third-order valence-corrected chi connectivity index (χ3v) is 13.4. The van der Waals surface area contributed by atoms with Crippen LogP contribution in [-0.4, -0.2) is 19.5 Å². The molecule has 4 heterocycles. The van der Waals surface area contributed by atoms with Crippen LogP contribution in [0.4, 0.5) is 0 Å². The Morgan fingerprint density at radius 2 is 0.965 bits per heavy atom. The molecule has 0 radical (unpaired) electrons. The lowest BCUT2D eigenvalue weighted by atomic mass is 9.97. The second kappa shape index (κ2) is 12.8. The topological polar surface area (TPSA) is 43.6 Å². The molecular weight excluding hydrogens is 733 g/mol. The fourth-order valence-electron chi connectivity index (χ4n) is 8.53. The van der Waals surface area contributed by atoms with Crippen molar-refractivity contribution in [2.24, 2.45) is 0 Å². The van der Waals surface area contributed by atoms with Crippen molar-refractivity contribution in [1.29, 1.82) is 0 Å². The summed E-state index contributed by atoms with van der Waals surface area (Å²) in [6.45, 7) is 0. The van der Waals surface area contributed by atoms with Gasteiger partial charge in [0, 0.05) is 57.5 Å². The summed E-state index contributed by atoms with van der Waals surface area (Å²) in [6.07, 6.45) is 0. The van der Waals surface area contributed by atoms with Gasteiger partial charge in [0.2, 0.25) is 5.95 Å². The van der Waals surface area contributed by atoms with E-state index in [4.69, 9.17) is 15.0 Å². The first-order chi connectivity index (χ1) is 28.3. The van der Waals surface area contributed by atoms with Crippen LogP contribution in [0.25, 0.3) is 113 Å². The summed E-state index contributed by atoms with van der Waals surface area (Å²) in [5, 5.41) is 7.35. The summed E-state index contributed by atoms with van der Waals surface area (Å²) in [7, 11) is 0. The van der Waals surface area contributed by atoms with Gasteiger partial charge >= 0.3 is 0 Å². The summed E-state index contributed by atoms with van der Waals surface area (Å²) < 4.78 is 7.21. The summed E-state index contributed by atoms with van der Waals surface area (Å²) in [4.78, 5) is 16.3. The van der Waals surface area contributed by atoms with E-state index < -0.39 is 0 Å². The molecule has 0 saturated heterocycles. The molecule has 6 heteroatoms. The number of rotatable bonds is 5. The number of hydrogen-bond acceptors (Lipinski definition) is 5. The molecule has 0 fully saturated rings. The molecule has 4 nitrogen and oxygen atoms in total. The van der Waals surface area contributed by atoms with Gasteiger partial charge < -0.3 is 0 Å². The normalized spacial score (nSPS) is 11.9. The maximum absolute atomic E-state index is 5.48. The van der Waals surface area contributed by atoms with Crippen molar-refractivity contribution in [3.8, 4) is 51.0 Å². The molecule has 0 aliphatic carbocycles. The Kier molecular flexibility index (Phi) is 7.24. The van der Waals surface area contributed by atoms with Crippen LogP contribution in [0.5, 0.6) is 0 Å². The van der Waals surface area contributed by atoms with Crippen molar-refractivity contribution < 1.29 is 0 Å². The van der Waals surface area contributed by atoms with Gasteiger partial charge in [-0.3, -0.25) is 4.57 Å². The third kappa shape index (κ3) is 5.08. The average Bonchev–Trinajstić information content (AvgIpc) is 3.96. The molecule has 0 aliphatic heterocycles. The third-order valence-electron chi connectivity index (χ3n) is 11.1. The zero-order valence-corrected chi connectivity index (χ0v) is 32.1. The lowest BCUT2D eigenvalue weighted by molar-refractivity contribution is 0.956. The first kappa shape index (κ1) is 32.3. The SMILES string of the molecule is c1ccc(-c2ccccc2-c2nc(-c3cc(-c4ccccc4)c4c(c3)sc3ccccc34)nc(-n3c4ccccc4c4ccc5c6ccccc6sc5c43)n2)cc1. The average molecular weight is 763 g/mol. The molecule has 0 N–H and O–H groups in total. The molecule has 0 saturated carbocycles. The molecule has 0 amide bonds. The van der Waals surface area contributed by atoms with Crippen LogP contribution < -0.4 is 0 Å². The maximum atomic E-state index is 5.48. The molecule has 266 valence electrons. The van der Waals surface area contributed by atoms with E-state index in [1.807, 2.05) is 22.7 Å². The van der Waals surface area contributed by atoms with Gasteiger partial charge in [0.05, 0.1) is 15.7 Å². The standard InChI is InChI=1S/C51H30N4S2/c1-3-15-31(16-4-1)34-19-7-8-22-39(34)50-52-49(33-29-41(32-17-5-2-6-18-32)46-40-23-11-14-26-44(40)56-45(46)30-33)53-51(54-50)55-42-24-12-9-20-35(42)37-27-28-38-36-21-10-13-25-43(36)57-48(38)47(37)55/h1-30H. The minimum atomic E-state index is 0.590. The molecule has 0 bridgehead atoms. The molecule has 12 rings (SSSR count). The van der Waals surface area contributed by atoms with Crippen molar-refractivity contribution in [2.75, 3.05) is 0 Å². The number of para-hydroxylation sites is 1. The molecule has 8 aromatic carbocycles. The zero-order valence-electron chi connectivity index (χ0n) is 30.4. The summed E-state index contributed by atoms with van der Waals surface area (Å²) in [6, 6.07) is 64.7. The Morgan fingerprint density at radius 3 is 1.75 bits per heavy atom. The van der Waals surface area contributed by atoms with Crippen molar-refractivity contribution in [2.45, 2.75) is 0 Å². The van der Waals surface area contributed by atoms with Crippen LogP contribution in [-0.2, 0) is 0 Å². The minimum Gasteiger partial charge on any atom is -0.276 e. The van der Waals surface area contributed by atoms with Crippen LogP contribution in [0.1, 0.15) is 0 Å². The highest BCUT2D eigenvalue weighted by atomic mass is 32.1. The molecule has 4 aromatic heterocycles. The van der Waals surface area contributed by atoms with E-state index >= 15 is 0 Å². The van der Waals surface area contributed by atoms with E-state index in [-0.39, 0.29) is 0 Å². The van der Waals surface area contributed by atoms with E-state index in [0.29, 0.717) is 17.6 Å². The molecule has 12 aromatic rings. The fraction of sp³-hybridized carbons (Fsp3) is 0. The van der Waals surface area contributed by atoms with Crippen LogP contribution in [0.2, 0.25) is 0 Å². The van der Waals surface area contributed by atoms with Gasteiger partial charge in [-0.2, -0.15) is 9.97 Å². The number of thiophene rings is 2. The Labute approximate surface area is 335 Å². The van der Waals surface area contributed by atoms with E-state index in [9.17, 15) is 0 Å². The van der Waals surface area contributed by atoms with Gasteiger partial charge in [0.25, 0.3) is 0 Å². The lowest BCUT2D eigenvalue weighted by Gasteiger charge is -2.14. The number of nitrogens with zero attached hydrogens (tertiary/aromatic N) is 4. The molecule has 0 atom stereocenters. The second-order valence-electron chi connectivity index (χ2n) is 14.3. The molecule has 0 aliphatic rings. The summed E-state index contributed by atoms with van der Waals surface area (Å²) >= 11 is 3.64. The minimum absolute atomic E-state index is 0.590. The first-order valence-corrected chi connectivity index (χ1v) is 20.7. The molecule has 0 unspecified atom stereocenters. The molecule has 57 heavy (non-hydrogen) atoms. The highest BCUT2D eigenvalue weighted by Crippen LogP contribution is 2.45.